The number of rotatable bonds is 8. The monoisotopic (exact) mass is 371 g/mol. The number of phenolic OH excluding ortho intramolecular Hbond substituents is 1. The molecule has 1 atom stereocenters. The first kappa shape index (κ1) is 20.9. The van der Waals surface area contributed by atoms with Crippen molar-refractivity contribution < 1.29 is 5.11 Å². The lowest BCUT2D eigenvalue weighted by Gasteiger charge is -2.35. The van der Waals surface area contributed by atoms with Gasteiger partial charge < -0.3 is 10.4 Å². The SMILES string of the molecule is CCC(CC)(Pc1c(C)cccc1CNC(C)C)c1cc(C)ccc1O. The summed E-state index contributed by atoms with van der Waals surface area (Å²) in [7, 11) is 0.637. The number of nitrogens with one attached hydrogen (secondary N) is 1. The third-order valence-electron chi connectivity index (χ3n) is 5.30. The molecule has 0 saturated carbocycles. The maximum absolute atomic E-state index is 10.6. The van der Waals surface area contributed by atoms with Crippen molar-refractivity contribution >= 4 is 13.9 Å². The van der Waals surface area contributed by atoms with Gasteiger partial charge in [0.1, 0.15) is 5.75 Å². The maximum Gasteiger partial charge on any atom is 0.119 e. The topological polar surface area (TPSA) is 32.3 Å². The van der Waals surface area contributed by atoms with Gasteiger partial charge in [-0.05, 0) is 49.2 Å². The van der Waals surface area contributed by atoms with E-state index in [-0.39, 0.29) is 5.16 Å². The summed E-state index contributed by atoms with van der Waals surface area (Å²) in [6.45, 7) is 14.1. The molecule has 2 N–H and O–H groups in total. The van der Waals surface area contributed by atoms with E-state index >= 15 is 0 Å². The minimum Gasteiger partial charge on any atom is -0.508 e. The van der Waals surface area contributed by atoms with Crippen molar-refractivity contribution in [3.05, 3.63) is 58.7 Å². The van der Waals surface area contributed by atoms with E-state index in [1.165, 1.54) is 22.0 Å². The van der Waals surface area contributed by atoms with Gasteiger partial charge in [-0.15, -0.1) is 0 Å². The molecular weight excluding hydrogens is 337 g/mol. The minimum atomic E-state index is -0.0191. The fraction of sp³-hybridized carbons (Fsp3) is 0.478. The Bertz CT molecular complexity index is 735. The standard InChI is InChI=1S/C23H34NOP/c1-7-23(8-2,20-14-17(5)12-13-21(20)25)26-22-18(6)10-9-11-19(22)15-24-16(3)4/h9-14,16,24-26H,7-8,15H2,1-6H3. The van der Waals surface area contributed by atoms with Crippen molar-refractivity contribution in [1.29, 1.82) is 0 Å². The highest BCUT2D eigenvalue weighted by Crippen LogP contribution is 2.50. The molecule has 3 heteroatoms. The molecule has 2 rings (SSSR count). The summed E-state index contributed by atoms with van der Waals surface area (Å²) in [4.78, 5) is 0. The van der Waals surface area contributed by atoms with Crippen molar-refractivity contribution in [2.45, 2.75) is 72.1 Å². The molecule has 0 aliphatic rings. The molecule has 2 aromatic carbocycles. The zero-order chi connectivity index (χ0) is 19.3. The largest absolute Gasteiger partial charge is 0.508 e. The first-order valence-electron chi connectivity index (χ1n) is 9.73. The van der Waals surface area contributed by atoms with Gasteiger partial charge >= 0.3 is 0 Å². The average Bonchev–Trinajstić information content (AvgIpc) is 2.62. The second kappa shape index (κ2) is 9.02. The Kier molecular flexibility index (Phi) is 7.26. The van der Waals surface area contributed by atoms with Crippen molar-refractivity contribution in [2.75, 3.05) is 0 Å². The molecule has 0 heterocycles. The molecule has 0 saturated heterocycles. The summed E-state index contributed by atoms with van der Waals surface area (Å²) in [5, 5.41) is 15.6. The van der Waals surface area contributed by atoms with E-state index in [2.05, 4.69) is 71.1 Å². The molecule has 0 aromatic heterocycles. The van der Waals surface area contributed by atoms with Crippen LogP contribution in [0.25, 0.3) is 0 Å². The number of hydrogen-bond acceptors (Lipinski definition) is 2. The summed E-state index contributed by atoms with van der Waals surface area (Å²) in [6, 6.07) is 13.1. The summed E-state index contributed by atoms with van der Waals surface area (Å²) >= 11 is 0. The van der Waals surface area contributed by atoms with E-state index in [9.17, 15) is 5.11 Å². The highest BCUT2D eigenvalue weighted by atomic mass is 31.1. The molecule has 2 nitrogen and oxygen atoms in total. The van der Waals surface area contributed by atoms with Crippen LogP contribution in [0.1, 0.15) is 62.8 Å². The molecule has 0 fully saturated rings. The maximum atomic E-state index is 10.6. The predicted molar refractivity (Wildman–Crippen MR) is 116 cm³/mol. The van der Waals surface area contributed by atoms with Crippen LogP contribution in [-0.4, -0.2) is 11.1 Å². The van der Waals surface area contributed by atoms with Gasteiger partial charge in [-0.1, -0.05) is 72.2 Å². The molecule has 0 aliphatic heterocycles. The van der Waals surface area contributed by atoms with Crippen LogP contribution in [0.3, 0.4) is 0 Å². The fourth-order valence-corrected chi connectivity index (χ4v) is 5.30. The van der Waals surface area contributed by atoms with Crippen LogP contribution >= 0.6 is 8.58 Å². The Hall–Kier alpha value is -1.37. The van der Waals surface area contributed by atoms with Gasteiger partial charge in [0.25, 0.3) is 0 Å². The third kappa shape index (κ3) is 4.67. The number of aromatic hydroxyl groups is 1. The van der Waals surface area contributed by atoms with Gasteiger partial charge in [0.2, 0.25) is 0 Å². The van der Waals surface area contributed by atoms with Crippen molar-refractivity contribution in [3.8, 4) is 5.75 Å². The van der Waals surface area contributed by atoms with Gasteiger partial charge in [0.15, 0.2) is 0 Å². The smallest absolute Gasteiger partial charge is 0.119 e. The fourth-order valence-electron chi connectivity index (χ4n) is 3.52. The highest BCUT2D eigenvalue weighted by molar-refractivity contribution is 7.48. The molecule has 1 unspecified atom stereocenters. The molecule has 0 aliphatic carbocycles. The summed E-state index contributed by atoms with van der Waals surface area (Å²) in [5.41, 5.74) is 5.05. The Labute approximate surface area is 161 Å². The molecule has 0 radical (unpaired) electrons. The van der Waals surface area contributed by atoms with Gasteiger partial charge in [0, 0.05) is 23.3 Å². The van der Waals surface area contributed by atoms with Gasteiger partial charge in [-0.25, -0.2) is 0 Å². The van der Waals surface area contributed by atoms with Crippen LogP contribution < -0.4 is 10.6 Å². The normalized spacial score (nSPS) is 12.4. The minimum absolute atomic E-state index is 0.0191. The van der Waals surface area contributed by atoms with Crippen LogP contribution in [0.5, 0.6) is 5.75 Å². The highest BCUT2D eigenvalue weighted by Gasteiger charge is 2.32. The van der Waals surface area contributed by atoms with E-state index in [0.29, 0.717) is 20.4 Å². The summed E-state index contributed by atoms with van der Waals surface area (Å²) < 4.78 is 0. The second-order valence-electron chi connectivity index (χ2n) is 7.58. The van der Waals surface area contributed by atoms with E-state index in [1.54, 1.807) is 0 Å². The Morgan fingerprint density at radius 3 is 2.38 bits per heavy atom. The molecule has 26 heavy (non-hydrogen) atoms. The van der Waals surface area contributed by atoms with E-state index in [1.807, 2.05) is 12.1 Å². The van der Waals surface area contributed by atoms with E-state index in [4.69, 9.17) is 0 Å². The van der Waals surface area contributed by atoms with Crippen molar-refractivity contribution in [2.24, 2.45) is 0 Å². The predicted octanol–water partition coefficient (Wildman–Crippen LogP) is 5.53. The van der Waals surface area contributed by atoms with Crippen LogP contribution in [0.4, 0.5) is 0 Å². The van der Waals surface area contributed by atoms with Gasteiger partial charge in [0.05, 0.1) is 0 Å². The van der Waals surface area contributed by atoms with Crippen LogP contribution in [0, 0.1) is 13.8 Å². The molecule has 0 spiro atoms. The zero-order valence-electron chi connectivity index (χ0n) is 17.1. The lowest BCUT2D eigenvalue weighted by atomic mass is 9.91. The third-order valence-corrected chi connectivity index (χ3v) is 7.72. The van der Waals surface area contributed by atoms with Crippen molar-refractivity contribution in [1.82, 2.24) is 5.32 Å². The lowest BCUT2D eigenvalue weighted by molar-refractivity contribution is 0.448. The van der Waals surface area contributed by atoms with Gasteiger partial charge in [-0.2, -0.15) is 0 Å². The van der Waals surface area contributed by atoms with Gasteiger partial charge in [-0.3, -0.25) is 0 Å². The molecular formula is C23H34NOP. The number of aryl methyl sites for hydroxylation is 2. The molecule has 142 valence electrons. The number of phenols is 1. The van der Waals surface area contributed by atoms with Crippen LogP contribution in [0.15, 0.2) is 36.4 Å². The Morgan fingerprint density at radius 1 is 1.08 bits per heavy atom. The lowest BCUT2D eigenvalue weighted by Crippen LogP contribution is -2.28. The van der Waals surface area contributed by atoms with Crippen LogP contribution in [-0.2, 0) is 11.7 Å². The average molecular weight is 372 g/mol. The Balaban J connectivity index is 2.49. The van der Waals surface area contributed by atoms with Crippen LogP contribution in [0.2, 0.25) is 0 Å². The first-order valence-corrected chi connectivity index (χ1v) is 10.7. The van der Waals surface area contributed by atoms with E-state index in [0.717, 1.165) is 24.9 Å². The molecule has 0 bridgehead atoms. The second-order valence-corrected chi connectivity index (χ2v) is 9.29. The number of benzene rings is 2. The quantitative estimate of drug-likeness (QED) is 0.598. The molecule has 2 aromatic rings. The first-order chi connectivity index (χ1) is 12.3. The number of hydrogen-bond donors (Lipinski definition) is 2. The zero-order valence-corrected chi connectivity index (χ0v) is 18.1. The summed E-state index contributed by atoms with van der Waals surface area (Å²) in [6.07, 6.45) is 2.04. The van der Waals surface area contributed by atoms with Crippen molar-refractivity contribution in [3.63, 3.8) is 0 Å². The van der Waals surface area contributed by atoms with E-state index < -0.39 is 0 Å². The summed E-state index contributed by atoms with van der Waals surface area (Å²) in [5.74, 6) is 0.433. The Morgan fingerprint density at radius 2 is 1.77 bits per heavy atom. The molecule has 0 amide bonds.